The van der Waals surface area contributed by atoms with E-state index < -0.39 is 28.5 Å². The number of halogens is 2. The zero-order chi connectivity index (χ0) is 27.2. The largest absolute Gasteiger partial charge is 0.355 e. The van der Waals surface area contributed by atoms with E-state index >= 15 is 0 Å². The fraction of sp³-hybridized carbons (Fsp3) is 0.259. The van der Waals surface area contributed by atoms with Crippen LogP contribution in [0, 0.1) is 6.92 Å². The molecule has 1 N–H and O–H groups in total. The van der Waals surface area contributed by atoms with Crippen LogP contribution in [0.2, 0.25) is 10.0 Å². The first kappa shape index (κ1) is 28.5. The zero-order valence-electron chi connectivity index (χ0n) is 20.8. The highest BCUT2D eigenvalue weighted by molar-refractivity contribution is 7.92. The van der Waals surface area contributed by atoms with Crippen LogP contribution in [-0.2, 0) is 26.2 Å². The first-order chi connectivity index (χ1) is 17.5. The molecule has 3 rings (SSSR count). The number of carbonyl (C=O) groups is 2. The summed E-state index contributed by atoms with van der Waals surface area (Å²) in [7, 11) is -4.10. The molecular weight excluding hydrogens is 533 g/mol. The number of carbonyl (C=O) groups excluding carboxylic acids is 2. The molecule has 2 amide bonds. The second kappa shape index (κ2) is 12.4. The van der Waals surface area contributed by atoms with Crippen LogP contribution in [0.1, 0.15) is 25.0 Å². The fourth-order valence-corrected chi connectivity index (χ4v) is 5.58. The minimum Gasteiger partial charge on any atom is -0.355 e. The molecule has 0 spiro atoms. The Morgan fingerprint density at radius 2 is 1.62 bits per heavy atom. The Labute approximate surface area is 228 Å². The molecule has 0 bridgehead atoms. The van der Waals surface area contributed by atoms with Gasteiger partial charge < -0.3 is 10.2 Å². The molecule has 0 radical (unpaired) electrons. The van der Waals surface area contributed by atoms with Gasteiger partial charge in [0.2, 0.25) is 11.8 Å². The summed E-state index contributed by atoms with van der Waals surface area (Å²) in [5, 5.41) is 3.48. The number of anilines is 1. The second-order valence-electron chi connectivity index (χ2n) is 8.49. The number of sulfonamides is 1. The van der Waals surface area contributed by atoms with Crippen molar-refractivity contribution in [1.29, 1.82) is 0 Å². The third-order valence-corrected chi connectivity index (χ3v) is 8.18. The van der Waals surface area contributed by atoms with Gasteiger partial charge in [0.1, 0.15) is 12.6 Å². The lowest BCUT2D eigenvalue weighted by atomic mass is 10.1. The van der Waals surface area contributed by atoms with Crippen molar-refractivity contribution in [3.05, 3.63) is 94.0 Å². The minimum atomic E-state index is -4.10. The molecule has 0 aromatic heterocycles. The van der Waals surface area contributed by atoms with Gasteiger partial charge in [0.05, 0.1) is 10.6 Å². The third kappa shape index (κ3) is 7.03. The molecule has 10 heteroatoms. The Kier molecular flexibility index (Phi) is 9.59. The molecule has 1 atom stereocenters. The standard InChI is InChI=1S/C27H29Cl2N3O4S/c1-4-30-27(34)20(3)31(17-21-12-13-22(28)16-25(21)29)26(33)18-32(23-8-6-5-7-9-23)37(35,36)24-14-10-19(2)11-15-24/h5-16,20H,4,17-18H2,1-3H3,(H,30,34)/t20-/m0/s1. The molecule has 0 unspecified atom stereocenters. The number of aryl methyl sites for hydroxylation is 1. The second-order valence-corrected chi connectivity index (χ2v) is 11.2. The van der Waals surface area contributed by atoms with Gasteiger partial charge in [-0.3, -0.25) is 13.9 Å². The van der Waals surface area contributed by atoms with E-state index in [1.807, 2.05) is 6.92 Å². The van der Waals surface area contributed by atoms with Crippen molar-refractivity contribution in [2.24, 2.45) is 0 Å². The summed E-state index contributed by atoms with van der Waals surface area (Å²) in [4.78, 5) is 27.9. The lowest BCUT2D eigenvalue weighted by Crippen LogP contribution is -2.51. The van der Waals surface area contributed by atoms with Gasteiger partial charge in [0, 0.05) is 23.1 Å². The average molecular weight is 563 g/mol. The van der Waals surface area contributed by atoms with E-state index in [9.17, 15) is 18.0 Å². The van der Waals surface area contributed by atoms with Crippen LogP contribution >= 0.6 is 23.2 Å². The monoisotopic (exact) mass is 561 g/mol. The summed E-state index contributed by atoms with van der Waals surface area (Å²) < 4.78 is 28.5. The number of benzene rings is 3. The summed E-state index contributed by atoms with van der Waals surface area (Å²) in [5.74, 6) is -0.933. The van der Waals surface area contributed by atoms with Gasteiger partial charge in [-0.15, -0.1) is 0 Å². The maximum atomic E-state index is 13.8. The summed E-state index contributed by atoms with van der Waals surface area (Å²) in [5.41, 5.74) is 1.80. The Hall–Kier alpha value is -3.07. The van der Waals surface area contributed by atoms with E-state index in [4.69, 9.17) is 23.2 Å². The van der Waals surface area contributed by atoms with E-state index in [1.54, 1.807) is 74.5 Å². The smallest absolute Gasteiger partial charge is 0.264 e. The number of likely N-dealkylation sites (N-methyl/N-ethyl adjacent to an activating group) is 1. The molecular formula is C27H29Cl2N3O4S. The van der Waals surface area contributed by atoms with Crippen LogP contribution < -0.4 is 9.62 Å². The molecule has 0 aliphatic carbocycles. The van der Waals surface area contributed by atoms with Crippen molar-refractivity contribution in [1.82, 2.24) is 10.2 Å². The predicted molar refractivity (Wildman–Crippen MR) is 147 cm³/mol. The topological polar surface area (TPSA) is 86.8 Å². The Balaban J connectivity index is 2.02. The van der Waals surface area contributed by atoms with Gasteiger partial charge in [-0.1, -0.05) is 65.2 Å². The van der Waals surface area contributed by atoms with Crippen LogP contribution in [-0.4, -0.2) is 44.3 Å². The van der Waals surface area contributed by atoms with Gasteiger partial charge in [0.25, 0.3) is 10.0 Å². The predicted octanol–water partition coefficient (Wildman–Crippen LogP) is 5.05. The fourth-order valence-electron chi connectivity index (χ4n) is 3.70. The van der Waals surface area contributed by atoms with E-state index in [1.165, 1.54) is 17.0 Å². The van der Waals surface area contributed by atoms with Gasteiger partial charge in [-0.2, -0.15) is 0 Å². The summed E-state index contributed by atoms with van der Waals surface area (Å²) in [6, 6.07) is 18.8. The molecule has 3 aromatic rings. The number of amides is 2. The van der Waals surface area contributed by atoms with Gasteiger partial charge in [-0.05, 0) is 62.7 Å². The van der Waals surface area contributed by atoms with Gasteiger partial charge in [0.15, 0.2) is 0 Å². The van der Waals surface area contributed by atoms with Crippen molar-refractivity contribution in [2.45, 2.75) is 38.3 Å². The van der Waals surface area contributed by atoms with E-state index in [0.29, 0.717) is 27.8 Å². The summed E-state index contributed by atoms with van der Waals surface area (Å²) >= 11 is 12.4. The SMILES string of the molecule is CCNC(=O)[C@H](C)N(Cc1ccc(Cl)cc1Cl)C(=O)CN(c1ccccc1)S(=O)(=O)c1ccc(C)cc1. The molecule has 7 nitrogen and oxygen atoms in total. The average Bonchev–Trinajstić information content (AvgIpc) is 2.87. The summed E-state index contributed by atoms with van der Waals surface area (Å²) in [6.07, 6.45) is 0. The highest BCUT2D eigenvalue weighted by Gasteiger charge is 2.32. The van der Waals surface area contributed by atoms with E-state index in [-0.39, 0.29) is 17.3 Å². The number of hydrogen-bond acceptors (Lipinski definition) is 4. The van der Waals surface area contributed by atoms with Crippen LogP contribution in [0.5, 0.6) is 0 Å². The molecule has 196 valence electrons. The maximum Gasteiger partial charge on any atom is 0.264 e. The quantitative estimate of drug-likeness (QED) is 0.375. The number of rotatable bonds is 10. The number of para-hydroxylation sites is 1. The lowest BCUT2D eigenvalue weighted by molar-refractivity contribution is -0.139. The first-order valence-electron chi connectivity index (χ1n) is 11.7. The molecule has 37 heavy (non-hydrogen) atoms. The van der Waals surface area contributed by atoms with E-state index in [2.05, 4.69) is 5.32 Å². The number of hydrogen-bond donors (Lipinski definition) is 1. The number of nitrogens with zero attached hydrogens (tertiary/aromatic N) is 2. The molecule has 0 aliphatic rings. The Morgan fingerprint density at radius 3 is 2.22 bits per heavy atom. The Morgan fingerprint density at radius 1 is 0.973 bits per heavy atom. The normalized spacial score (nSPS) is 12.0. The van der Waals surface area contributed by atoms with Crippen LogP contribution in [0.4, 0.5) is 5.69 Å². The Bertz CT molecular complexity index is 1350. The lowest BCUT2D eigenvalue weighted by Gasteiger charge is -2.32. The maximum absolute atomic E-state index is 13.8. The third-order valence-electron chi connectivity index (χ3n) is 5.81. The van der Waals surface area contributed by atoms with Crippen LogP contribution in [0.15, 0.2) is 77.7 Å². The highest BCUT2D eigenvalue weighted by atomic mass is 35.5. The zero-order valence-corrected chi connectivity index (χ0v) is 23.1. The number of nitrogens with one attached hydrogen (secondary N) is 1. The molecule has 3 aromatic carbocycles. The van der Waals surface area contributed by atoms with Gasteiger partial charge in [-0.25, -0.2) is 8.42 Å². The minimum absolute atomic E-state index is 0.0135. The highest BCUT2D eigenvalue weighted by Crippen LogP contribution is 2.26. The summed E-state index contributed by atoms with van der Waals surface area (Å²) in [6.45, 7) is 5.07. The molecule has 0 fully saturated rings. The van der Waals surface area contributed by atoms with Crippen LogP contribution in [0.25, 0.3) is 0 Å². The van der Waals surface area contributed by atoms with Crippen molar-refractivity contribution in [2.75, 3.05) is 17.4 Å². The molecule has 0 saturated heterocycles. The molecule has 0 aliphatic heterocycles. The van der Waals surface area contributed by atoms with Gasteiger partial charge >= 0.3 is 0 Å². The van der Waals surface area contributed by atoms with Crippen LogP contribution in [0.3, 0.4) is 0 Å². The first-order valence-corrected chi connectivity index (χ1v) is 13.9. The van der Waals surface area contributed by atoms with Crippen molar-refractivity contribution < 1.29 is 18.0 Å². The van der Waals surface area contributed by atoms with E-state index in [0.717, 1.165) is 9.87 Å². The van der Waals surface area contributed by atoms with Crippen molar-refractivity contribution >= 4 is 50.7 Å². The van der Waals surface area contributed by atoms with Crippen molar-refractivity contribution in [3.63, 3.8) is 0 Å². The molecule has 0 saturated carbocycles. The molecule has 0 heterocycles. The van der Waals surface area contributed by atoms with Crippen molar-refractivity contribution in [3.8, 4) is 0 Å².